The van der Waals surface area contributed by atoms with E-state index in [2.05, 4.69) is 42.6 Å². The Labute approximate surface area is 124 Å². The van der Waals surface area contributed by atoms with Gasteiger partial charge in [0.25, 0.3) is 0 Å². The minimum atomic E-state index is 0.169. The molecule has 4 heteroatoms. The SMILES string of the molecule is CCN(CC)C(=O)CNC(C)c1cc2ccccc2s1. The molecule has 0 aliphatic rings. The zero-order chi connectivity index (χ0) is 14.5. The van der Waals surface area contributed by atoms with Crippen molar-refractivity contribution in [3.8, 4) is 0 Å². The molecule has 0 fully saturated rings. The Bertz CT molecular complexity index is 542. The van der Waals surface area contributed by atoms with Gasteiger partial charge in [0, 0.05) is 28.7 Å². The van der Waals surface area contributed by atoms with E-state index in [0.29, 0.717) is 6.54 Å². The fourth-order valence-corrected chi connectivity index (χ4v) is 3.34. The Morgan fingerprint density at radius 3 is 2.65 bits per heavy atom. The van der Waals surface area contributed by atoms with Gasteiger partial charge in [0.05, 0.1) is 6.54 Å². The highest BCUT2D eigenvalue weighted by Gasteiger charge is 2.13. The predicted molar refractivity (Wildman–Crippen MR) is 86.2 cm³/mol. The highest BCUT2D eigenvalue weighted by Crippen LogP contribution is 2.29. The van der Waals surface area contributed by atoms with Crippen LogP contribution in [0.25, 0.3) is 10.1 Å². The number of carbonyl (C=O) groups excluding carboxylic acids is 1. The van der Waals surface area contributed by atoms with Gasteiger partial charge in [-0.1, -0.05) is 18.2 Å². The van der Waals surface area contributed by atoms with Gasteiger partial charge in [-0.2, -0.15) is 0 Å². The summed E-state index contributed by atoms with van der Waals surface area (Å²) in [4.78, 5) is 15.1. The van der Waals surface area contributed by atoms with E-state index in [1.165, 1.54) is 15.0 Å². The van der Waals surface area contributed by atoms with Crippen LogP contribution in [-0.4, -0.2) is 30.4 Å². The van der Waals surface area contributed by atoms with Gasteiger partial charge in [-0.3, -0.25) is 4.79 Å². The summed E-state index contributed by atoms with van der Waals surface area (Å²) in [6.07, 6.45) is 0. The van der Waals surface area contributed by atoms with E-state index in [1.54, 1.807) is 11.3 Å². The van der Waals surface area contributed by atoms with Crippen LogP contribution < -0.4 is 5.32 Å². The topological polar surface area (TPSA) is 32.3 Å². The monoisotopic (exact) mass is 290 g/mol. The standard InChI is InChI=1S/C16H22N2OS/c1-4-18(5-2)16(19)11-17-12(3)15-10-13-8-6-7-9-14(13)20-15/h6-10,12,17H,4-5,11H2,1-3H3. The molecule has 1 aromatic heterocycles. The lowest BCUT2D eigenvalue weighted by Crippen LogP contribution is -2.38. The Balaban J connectivity index is 1.98. The summed E-state index contributed by atoms with van der Waals surface area (Å²) in [6.45, 7) is 8.08. The minimum Gasteiger partial charge on any atom is -0.342 e. The lowest BCUT2D eigenvalue weighted by atomic mass is 10.2. The van der Waals surface area contributed by atoms with Gasteiger partial charge in [-0.05, 0) is 38.3 Å². The molecule has 1 heterocycles. The Morgan fingerprint density at radius 1 is 1.30 bits per heavy atom. The molecule has 0 bridgehead atoms. The molecular weight excluding hydrogens is 268 g/mol. The molecule has 1 unspecified atom stereocenters. The minimum absolute atomic E-state index is 0.169. The van der Waals surface area contributed by atoms with Crippen molar-refractivity contribution in [2.75, 3.05) is 19.6 Å². The van der Waals surface area contributed by atoms with Gasteiger partial charge in [0.1, 0.15) is 0 Å². The molecule has 0 saturated carbocycles. The van der Waals surface area contributed by atoms with Crippen molar-refractivity contribution in [3.63, 3.8) is 0 Å². The molecular formula is C16H22N2OS. The first kappa shape index (κ1) is 15.0. The fraction of sp³-hybridized carbons (Fsp3) is 0.438. The third kappa shape index (κ3) is 3.38. The normalized spacial score (nSPS) is 12.6. The molecule has 0 saturated heterocycles. The molecule has 3 nitrogen and oxygen atoms in total. The number of rotatable bonds is 6. The van der Waals surface area contributed by atoms with E-state index in [9.17, 15) is 4.79 Å². The maximum absolute atomic E-state index is 12.0. The van der Waals surface area contributed by atoms with E-state index in [0.717, 1.165) is 13.1 Å². The zero-order valence-electron chi connectivity index (χ0n) is 12.3. The van der Waals surface area contributed by atoms with Crippen LogP contribution in [0.1, 0.15) is 31.7 Å². The van der Waals surface area contributed by atoms with Gasteiger partial charge in [-0.15, -0.1) is 11.3 Å². The quantitative estimate of drug-likeness (QED) is 0.884. The zero-order valence-corrected chi connectivity index (χ0v) is 13.2. The summed E-state index contributed by atoms with van der Waals surface area (Å²) in [5, 5.41) is 4.60. The van der Waals surface area contributed by atoms with E-state index in [-0.39, 0.29) is 11.9 Å². The van der Waals surface area contributed by atoms with Crippen molar-refractivity contribution >= 4 is 27.3 Å². The first-order valence-electron chi connectivity index (χ1n) is 7.15. The molecule has 2 rings (SSSR count). The number of nitrogens with one attached hydrogen (secondary N) is 1. The summed E-state index contributed by atoms with van der Waals surface area (Å²) < 4.78 is 1.30. The first-order valence-corrected chi connectivity index (χ1v) is 7.97. The van der Waals surface area contributed by atoms with E-state index >= 15 is 0 Å². The van der Waals surface area contributed by atoms with Crippen molar-refractivity contribution in [3.05, 3.63) is 35.2 Å². The molecule has 0 spiro atoms. The van der Waals surface area contributed by atoms with E-state index in [1.807, 2.05) is 18.7 Å². The molecule has 2 aromatic rings. The second-order valence-corrected chi connectivity index (χ2v) is 5.97. The van der Waals surface area contributed by atoms with Gasteiger partial charge < -0.3 is 10.2 Å². The Hall–Kier alpha value is -1.39. The molecule has 1 aromatic carbocycles. The van der Waals surface area contributed by atoms with Crippen LogP contribution in [0.15, 0.2) is 30.3 Å². The summed E-state index contributed by atoms with van der Waals surface area (Å²) >= 11 is 1.79. The maximum Gasteiger partial charge on any atom is 0.236 e. The Kier molecular flexibility index (Phi) is 5.15. The maximum atomic E-state index is 12.0. The van der Waals surface area contributed by atoms with Crippen LogP contribution in [0.3, 0.4) is 0 Å². The van der Waals surface area contributed by atoms with Crippen LogP contribution in [0, 0.1) is 0 Å². The van der Waals surface area contributed by atoms with Crippen LogP contribution in [0.2, 0.25) is 0 Å². The van der Waals surface area contributed by atoms with Crippen LogP contribution in [0.4, 0.5) is 0 Å². The highest BCUT2D eigenvalue weighted by atomic mass is 32.1. The average Bonchev–Trinajstić information content (AvgIpc) is 2.90. The third-order valence-electron chi connectivity index (χ3n) is 3.55. The largest absolute Gasteiger partial charge is 0.342 e. The molecule has 108 valence electrons. The van der Waals surface area contributed by atoms with Crippen LogP contribution in [0.5, 0.6) is 0 Å². The smallest absolute Gasteiger partial charge is 0.236 e. The lowest BCUT2D eigenvalue weighted by Gasteiger charge is -2.20. The second kappa shape index (κ2) is 6.86. The summed E-state index contributed by atoms with van der Waals surface area (Å²) in [5.41, 5.74) is 0. The van der Waals surface area contributed by atoms with Crippen molar-refractivity contribution in [1.29, 1.82) is 0 Å². The summed E-state index contributed by atoms with van der Waals surface area (Å²) in [6, 6.07) is 10.8. The number of carbonyl (C=O) groups is 1. The molecule has 1 atom stereocenters. The van der Waals surface area contributed by atoms with Gasteiger partial charge >= 0.3 is 0 Å². The highest BCUT2D eigenvalue weighted by molar-refractivity contribution is 7.19. The number of hydrogen-bond donors (Lipinski definition) is 1. The van der Waals surface area contributed by atoms with Gasteiger partial charge in [0.2, 0.25) is 5.91 Å². The van der Waals surface area contributed by atoms with E-state index in [4.69, 9.17) is 0 Å². The molecule has 0 radical (unpaired) electrons. The van der Waals surface area contributed by atoms with Gasteiger partial charge in [0.15, 0.2) is 0 Å². The number of fused-ring (bicyclic) bond motifs is 1. The molecule has 0 aliphatic heterocycles. The molecule has 0 aliphatic carbocycles. The lowest BCUT2D eigenvalue weighted by molar-refractivity contribution is -0.129. The summed E-state index contributed by atoms with van der Waals surface area (Å²) in [7, 11) is 0. The second-order valence-electron chi connectivity index (χ2n) is 4.86. The third-order valence-corrected chi connectivity index (χ3v) is 4.85. The predicted octanol–water partition coefficient (Wildman–Crippen LogP) is 3.42. The number of amides is 1. The van der Waals surface area contributed by atoms with Crippen molar-refractivity contribution in [2.45, 2.75) is 26.8 Å². The van der Waals surface area contributed by atoms with Crippen LogP contribution >= 0.6 is 11.3 Å². The molecule has 20 heavy (non-hydrogen) atoms. The van der Waals surface area contributed by atoms with E-state index < -0.39 is 0 Å². The number of hydrogen-bond acceptors (Lipinski definition) is 3. The van der Waals surface area contributed by atoms with Gasteiger partial charge in [-0.25, -0.2) is 0 Å². The van der Waals surface area contributed by atoms with Crippen molar-refractivity contribution in [2.24, 2.45) is 0 Å². The van der Waals surface area contributed by atoms with Crippen molar-refractivity contribution < 1.29 is 4.79 Å². The number of nitrogens with zero attached hydrogens (tertiary/aromatic N) is 1. The number of likely N-dealkylation sites (N-methyl/N-ethyl adjacent to an activating group) is 1. The van der Waals surface area contributed by atoms with Crippen LogP contribution in [-0.2, 0) is 4.79 Å². The number of benzene rings is 1. The molecule has 1 N–H and O–H groups in total. The summed E-state index contributed by atoms with van der Waals surface area (Å²) in [5.74, 6) is 0.169. The fourth-order valence-electron chi connectivity index (χ4n) is 2.24. The number of thiophene rings is 1. The molecule has 1 amide bonds. The Morgan fingerprint density at radius 2 is 2.00 bits per heavy atom. The first-order chi connectivity index (χ1) is 9.65. The van der Waals surface area contributed by atoms with Crippen molar-refractivity contribution in [1.82, 2.24) is 10.2 Å². The average molecular weight is 290 g/mol.